The van der Waals surface area contributed by atoms with Crippen molar-refractivity contribution in [2.24, 2.45) is 4.99 Å². The minimum absolute atomic E-state index is 0.596. The van der Waals surface area contributed by atoms with Crippen LogP contribution in [0, 0.1) is 0 Å². The van der Waals surface area contributed by atoms with Gasteiger partial charge in [0.1, 0.15) is 5.75 Å². The number of hydrogen-bond donors (Lipinski definition) is 1. The highest BCUT2D eigenvalue weighted by Gasteiger charge is 2.21. The number of nitrogens with one attached hydrogen (secondary N) is 1. The maximum absolute atomic E-state index is 12.3. The predicted octanol–water partition coefficient (Wildman–Crippen LogP) is 2.34. The van der Waals surface area contributed by atoms with Crippen LogP contribution in [-0.2, 0) is 16.6 Å². The van der Waals surface area contributed by atoms with Crippen molar-refractivity contribution < 1.29 is 8.95 Å². The monoisotopic (exact) mass is 414 g/mol. The topological polar surface area (TPSA) is 57.2 Å². The van der Waals surface area contributed by atoms with Crippen LogP contribution >= 0.6 is 0 Å². The molecule has 1 N–H and O–H groups in total. The second-order valence-corrected chi connectivity index (χ2v) is 8.47. The smallest absolute Gasteiger partial charge is 0.193 e. The predicted molar refractivity (Wildman–Crippen MR) is 121 cm³/mol. The van der Waals surface area contributed by atoms with Crippen LogP contribution in [0.25, 0.3) is 0 Å². The van der Waals surface area contributed by atoms with E-state index >= 15 is 0 Å². The molecule has 6 nitrogen and oxygen atoms in total. The van der Waals surface area contributed by atoms with Crippen molar-refractivity contribution in [1.82, 2.24) is 10.2 Å². The molecular formula is C22H30N4O2S. The fourth-order valence-electron chi connectivity index (χ4n) is 3.49. The molecule has 0 bridgehead atoms. The summed E-state index contributed by atoms with van der Waals surface area (Å²) in [6.45, 7) is 4.22. The Labute approximate surface area is 176 Å². The fourth-order valence-corrected chi connectivity index (χ4v) is 4.53. The molecule has 1 heterocycles. The molecule has 1 unspecified atom stereocenters. The van der Waals surface area contributed by atoms with Crippen LogP contribution in [0.3, 0.4) is 0 Å². The number of benzene rings is 2. The quantitative estimate of drug-likeness (QED) is 0.557. The van der Waals surface area contributed by atoms with Crippen LogP contribution < -0.4 is 15.0 Å². The highest BCUT2D eigenvalue weighted by atomic mass is 32.2. The molecule has 0 amide bonds. The van der Waals surface area contributed by atoms with Crippen molar-refractivity contribution in [3.8, 4) is 5.75 Å². The molecule has 2 aromatic rings. The number of rotatable bonds is 7. The first-order chi connectivity index (χ1) is 14.2. The van der Waals surface area contributed by atoms with E-state index < -0.39 is 10.8 Å². The van der Waals surface area contributed by atoms with Gasteiger partial charge in [0.2, 0.25) is 0 Å². The minimum atomic E-state index is -0.887. The van der Waals surface area contributed by atoms with Crippen LogP contribution in [0.2, 0.25) is 0 Å². The Hall–Kier alpha value is -2.54. The number of aliphatic imine (C=N–C) groups is 1. The molecule has 3 rings (SSSR count). The van der Waals surface area contributed by atoms with Crippen LogP contribution in [0.4, 0.5) is 5.69 Å². The normalized spacial score (nSPS) is 15.9. The molecule has 156 valence electrons. The summed E-state index contributed by atoms with van der Waals surface area (Å²) in [5, 5.41) is 3.37. The standard InChI is InChI=1S/C22H30N4O2S/c1-23-22(24-12-17-29(27)18-19-8-4-3-5-9-19)26-15-13-25(14-16-26)20-10-6-7-11-21(20)28-2/h3-11H,12-18H2,1-2H3,(H,23,24). The molecule has 2 aromatic carbocycles. The van der Waals surface area contributed by atoms with Crippen LogP contribution in [0.1, 0.15) is 5.56 Å². The Morgan fingerprint density at radius 1 is 1.07 bits per heavy atom. The third-order valence-corrected chi connectivity index (χ3v) is 6.31. The van der Waals surface area contributed by atoms with Crippen molar-refractivity contribution in [1.29, 1.82) is 0 Å². The summed E-state index contributed by atoms with van der Waals surface area (Å²) >= 11 is 0. The van der Waals surface area contributed by atoms with Gasteiger partial charge in [0.25, 0.3) is 0 Å². The lowest BCUT2D eigenvalue weighted by Gasteiger charge is -2.38. The number of guanidine groups is 1. The third-order valence-electron chi connectivity index (χ3n) is 5.00. The van der Waals surface area contributed by atoms with E-state index in [0.29, 0.717) is 18.1 Å². The number of ether oxygens (including phenoxy) is 1. The second-order valence-electron chi connectivity index (χ2n) is 6.89. The number of nitrogens with zero attached hydrogens (tertiary/aromatic N) is 3. The Morgan fingerprint density at radius 2 is 1.76 bits per heavy atom. The summed E-state index contributed by atoms with van der Waals surface area (Å²) < 4.78 is 17.8. The van der Waals surface area contributed by atoms with Gasteiger partial charge in [-0.25, -0.2) is 0 Å². The molecule has 0 spiro atoms. The largest absolute Gasteiger partial charge is 0.495 e. The Kier molecular flexibility index (Phi) is 7.93. The summed E-state index contributed by atoms with van der Waals surface area (Å²) in [5.74, 6) is 2.99. The van der Waals surface area contributed by atoms with Crippen LogP contribution in [0.15, 0.2) is 59.6 Å². The van der Waals surface area contributed by atoms with Crippen LogP contribution in [-0.4, -0.2) is 67.7 Å². The van der Waals surface area contributed by atoms with Gasteiger partial charge in [-0.2, -0.15) is 0 Å². The zero-order valence-electron chi connectivity index (χ0n) is 17.2. The Morgan fingerprint density at radius 3 is 2.45 bits per heavy atom. The summed E-state index contributed by atoms with van der Waals surface area (Å²) in [6.07, 6.45) is 0. The molecule has 1 atom stereocenters. The first-order valence-electron chi connectivity index (χ1n) is 9.93. The van der Waals surface area contributed by atoms with Crippen molar-refractivity contribution >= 4 is 22.4 Å². The van der Waals surface area contributed by atoms with Gasteiger partial charge < -0.3 is 19.9 Å². The van der Waals surface area contributed by atoms with Crippen molar-refractivity contribution in [3.63, 3.8) is 0 Å². The zero-order chi connectivity index (χ0) is 20.5. The zero-order valence-corrected chi connectivity index (χ0v) is 18.0. The Balaban J connectivity index is 1.45. The van der Waals surface area contributed by atoms with Gasteiger partial charge in [0.05, 0.1) is 12.8 Å². The van der Waals surface area contributed by atoms with E-state index in [1.165, 1.54) is 0 Å². The lowest BCUT2D eigenvalue weighted by molar-refractivity contribution is 0.368. The van der Waals surface area contributed by atoms with E-state index in [9.17, 15) is 4.21 Å². The van der Waals surface area contributed by atoms with E-state index in [-0.39, 0.29) is 0 Å². The van der Waals surface area contributed by atoms with E-state index in [1.807, 2.05) is 48.5 Å². The summed E-state index contributed by atoms with van der Waals surface area (Å²) in [7, 11) is 2.63. The molecular weight excluding hydrogens is 384 g/mol. The van der Waals surface area contributed by atoms with Gasteiger partial charge in [-0.15, -0.1) is 0 Å². The molecule has 0 aromatic heterocycles. The molecule has 29 heavy (non-hydrogen) atoms. The summed E-state index contributed by atoms with van der Waals surface area (Å²) in [5.41, 5.74) is 2.25. The number of methoxy groups -OCH3 is 1. The number of anilines is 1. The molecule has 0 radical (unpaired) electrons. The number of hydrogen-bond acceptors (Lipinski definition) is 4. The molecule has 1 aliphatic rings. The van der Waals surface area contributed by atoms with E-state index in [2.05, 4.69) is 26.2 Å². The van der Waals surface area contributed by atoms with Gasteiger partial charge >= 0.3 is 0 Å². The van der Waals surface area contributed by atoms with E-state index in [1.54, 1.807) is 14.2 Å². The SMILES string of the molecule is CN=C(NCCS(=O)Cc1ccccc1)N1CCN(c2ccccc2OC)CC1. The summed E-state index contributed by atoms with van der Waals surface area (Å²) in [6, 6.07) is 18.1. The molecule has 1 aliphatic heterocycles. The highest BCUT2D eigenvalue weighted by Crippen LogP contribution is 2.28. The molecule has 0 saturated carbocycles. The summed E-state index contributed by atoms with van der Waals surface area (Å²) in [4.78, 5) is 9.01. The molecule has 0 aliphatic carbocycles. The maximum Gasteiger partial charge on any atom is 0.193 e. The first-order valence-corrected chi connectivity index (χ1v) is 11.4. The fraction of sp³-hybridized carbons (Fsp3) is 0.409. The number of piperazine rings is 1. The van der Waals surface area contributed by atoms with Crippen molar-refractivity contribution in [2.45, 2.75) is 5.75 Å². The van der Waals surface area contributed by atoms with Gasteiger partial charge in [0.15, 0.2) is 5.96 Å². The van der Waals surface area contributed by atoms with Crippen molar-refractivity contribution in [2.75, 3.05) is 57.5 Å². The van der Waals surface area contributed by atoms with Gasteiger partial charge in [0, 0.05) is 62.1 Å². The minimum Gasteiger partial charge on any atom is -0.495 e. The van der Waals surface area contributed by atoms with E-state index in [4.69, 9.17) is 4.74 Å². The lowest BCUT2D eigenvalue weighted by atomic mass is 10.2. The number of para-hydroxylation sites is 2. The molecule has 7 heteroatoms. The first kappa shape index (κ1) is 21.2. The van der Waals surface area contributed by atoms with Crippen LogP contribution in [0.5, 0.6) is 5.75 Å². The maximum atomic E-state index is 12.3. The van der Waals surface area contributed by atoms with Gasteiger partial charge in [-0.05, 0) is 17.7 Å². The van der Waals surface area contributed by atoms with E-state index in [0.717, 1.165) is 49.1 Å². The molecule has 1 fully saturated rings. The second kappa shape index (κ2) is 10.9. The van der Waals surface area contributed by atoms with Gasteiger partial charge in [-0.3, -0.25) is 9.20 Å². The Bertz CT molecular complexity index is 821. The molecule has 1 saturated heterocycles. The third kappa shape index (κ3) is 5.97. The lowest BCUT2D eigenvalue weighted by Crippen LogP contribution is -2.53. The van der Waals surface area contributed by atoms with Crippen molar-refractivity contribution in [3.05, 3.63) is 60.2 Å². The average Bonchev–Trinajstić information content (AvgIpc) is 2.77. The highest BCUT2D eigenvalue weighted by molar-refractivity contribution is 7.84. The average molecular weight is 415 g/mol. The van der Waals surface area contributed by atoms with Gasteiger partial charge in [-0.1, -0.05) is 42.5 Å².